The minimum absolute atomic E-state index is 0.283. The maximum Gasteiger partial charge on any atom is 0.240 e. The fraction of sp³-hybridized carbons (Fsp3) is 0.600. The first-order valence-corrected chi connectivity index (χ1v) is 9.48. The van der Waals surface area contributed by atoms with E-state index in [1.807, 2.05) is 24.6 Å². The van der Waals surface area contributed by atoms with Crippen LogP contribution in [-0.2, 0) is 6.54 Å². The van der Waals surface area contributed by atoms with Gasteiger partial charge in [-0.05, 0) is 43.4 Å². The molecule has 1 heterocycles. The molecule has 1 aliphatic carbocycles. The van der Waals surface area contributed by atoms with Crippen molar-refractivity contribution >= 4 is 5.95 Å². The highest BCUT2D eigenvalue weighted by Gasteiger charge is 2.23. The van der Waals surface area contributed by atoms with E-state index in [4.69, 9.17) is 15.2 Å². The molecule has 0 unspecified atom stereocenters. The van der Waals surface area contributed by atoms with Crippen molar-refractivity contribution in [1.29, 1.82) is 0 Å². The minimum Gasteiger partial charge on any atom is -0.496 e. The molecule has 0 spiro atoms. The van der Waals surface area contributed by atoms with Crippen molar-refractivity contribution in [3.63, 3.8) is 0 Å². The van der Waals surface area contributed by atoms with Gasteiger partial charge in [-0.15, -0.1) is 5.10 Å². The van der Waals surface area contributed by atoms with E-state index >= 15 is 0 Å². The van der Waals surface area contributed by atoms with Crippen LogP contribution in [0.15, 0.2) is 6.07 Å². The normalized spacial score (nSPS) is 15.2. The molecule has 0 saturated heterocycles. The number of nitrogens with two attached hydrogens (primary N) is 1. The van der Waals surface area contributed by atoms with Crippen molar-refractivity contribution in [2.75, 3.05) is 20.0 Å². The highest BCUT2D eigenvalue weighted by molar-refractivity contribution is 5.75. The number of aryl methyl sites for hydroxylation is 2. The van der Waals surface area contributed by atoms with Gasteiger partial charge >= 0.3 is 0 Å². The number of aromatic nitrogens is 3. The third-order valence-corrected chi connectivity index (χ3v) is 5.56. The molecule has 142 valence electrons. The highest BCUT2D eigenvalue weighted by Crippen LogP contribution is 2.42. The molecule has 3 rings (SSSR count). The Morgan fingerprint density at radius 1 is 1.15 bits per heavy atom. The zero-order valence-electron chi connectivity index (χ0n) is 16.3. The van der Waals surface area contributed by atoms with E-state index in [2.05, 4.69) is 10.1 Å². The molecule has 2 N–H and O–H groups in total. The van der Waals surface area contributed by atoms with Crippen LogP contribution in [0.3, 0.4) is 0 Å². The van der Waals surface area contributed by atoms with Crippen LogP contribution in [0.2, 0.25) is 0 Å². The Bertz CT molecular complexity index is 764. The third kappa shape index (κ3) is 3.64. The van der Waals surface area contributed by atoms with Crippen molar-refractivity contribution in [2.24, 2.45) is 5.92 Å². The van der Waals surface area contributed by atoms with Gasteiger partial charge in [0.1, 0.15) is 17.1 Å². The molecule has 1 aliphatic rings. The van der Waals surface area contributed by atoms with Crippen LogP contribution >= 0.6 is 0 Å². The number of ether oxygens (including phenoxy) is 2. The zero-order chi connectivity index (χ0) is 18.7. The van der Waals surface area contributed by atoms with Crippen LogP contribution < -0.4 is 15.2 Å². The number of nitrogen functional groups attached to an aromatic ring is 1. The van der Waals surface area contributed by atoms with Crippen LogP contribution in [0.5, 0.6) is 11.5 Å². The maximum absolute atomic E-state index is 5.95. The predicted molar refractivity (Wildman–Crippen MR) is 104 cm³/mol. The number of benzene rings is 1. The van der Waals surface area contributed by atoms with Gasteiger partial charge in [-0.25, -0.2) is 4.68 Å². The van der Waals surface area contributed by atoms with E-state index < -0.39 is 0 Å². The predicted octanol–water partition coefficient (Wildman–Crippen LogP) is 4.13. The Balaban J connectivity index is 1.98. The fourth-order valence-corrected chi connectivity index (χ4v) is 3.96. The lowest BCUT2D eigenvalue weighted by molar-refractivity contribution is 0.319. The van der Waals surface area contributed by atoms with Crippen LogP contribution in [0.4, 0.5) is 5.95 Å². The molecule has 1 aromatic heterocycles. The molecular formula is C20H30N4O2. The summed E-state index contributed by atoms with van der Waals surface area (Å²) >= 11 is 0. The topological polar surface area (TPSA) is 75.2 Å². The second-order valence-electron chi connectivity index (χ2n) is 7.24. The van der Waals surface area contributed by atoms with Crippen molar-refractivity contribution in [1.82, 2.24) is 14.8 Å². The van der Waals surface area contributed by atoms with Gasteiger partial charge in [0.05, 0.1) is 14.2 Å². The van der Waals surface area contributed by atoms with Crippen LogP contribution in [0.25, 0.3) is 11.4 Å². The molecule has 6 nitrogen and oxygen atoms in total. The lowest BCUT2D eigenvalue weighted by Crippen LogP contribution is -2.12. The molecule has 1 aromatic carbocycles. The van der Waals surface area contributed by atoms with Crippen molar-refractivity contribution < 1.29 is 9.47 Å². The molecule has 26 heavy (non-hydrogen) atoms. The first kappa shape index (κ1) is 18.5. The van der Waals surface area contributed by atoms with E-state index in [0.717, 1.165) is 52.9 Å². The van der Waals surface area contributed by atoms with Crippen molar-refractivity contribution in [2.45, 2.75) is 58.9 Å². The molecule has 0 radical (unpaired) electrons. The third-order valence-electron chi connectivity index (χ3n) is 5.56. The van der Waals surface area contributed by atoms with Crippen molar-refractivity contribution in [3.05, 3.63) is 17.2 Å². The van der Waals surface area contributed by atoms with Crippen molar-refractivity contribution in [3.8, 4) is 22.9 Å². The molecule has 2 aromatic rings. The van der Waals surface area contributed by atoms with Gasteiger partial charge in [0.25, 0.3) is 0 Å². The summed E-state index contributed by atoms with van der Waals surface area (Å²) in [6, 6.07) is 2.02. The summed E-state index contributed by atoms with van der Waals surface area (Å²) in [6.45, 7) is 4.90. The summed E-state index contributed by atoms with van der Waals surface area (Å²) in [5.74, 6) is 3.27. The molecule has 1 fully saturated rings. The lowest BCUT2D eigenvalue weighted by atomic mass is 9.87. The molecular weight excluding hydrogens is 328 g/mol. The number of rotatable bonds is 6. The van der Waals surface area contributed by atoms with Gasteiger partial charge in [-0.3, -0.25) is 0 Å². The van der Waals surface area contributed by atoms with E-state index in [1.165, 1.54) is 32.1 Å². The average Bonchev–Trinajstić information content (AvgIpc) is 3.02. The average molecular weight is 358 g/mol. The van der Waals surface area contributed by atoms with Gasteiger partial charge in [0, 0.05) is 6.54 Å². The molecule has 0 aliphatic heterocycles. The standard InChI is InChI=1S/C20H30N4O2/c1-13-12-16(25-3)17(18(26-4)14(13)2)19-22-20(21)23-24(19)11-10-15-8-6-5-7-9-15/h12,15H,5-11H2,1-4H3,(H2,21,23). The highest BCUT2D eigenvalue weighted by atomic mass is 16.5. The quantitative estimate of drug-likeness (QED) is 0.840. The summed E-state index contributed by atoms with van der Waals surface area (Å²) in [6.07, 6.45) is 7.79. The SMILES string of the molecule is COc1cc(C)c(C)c(OC)c1-c1nc(N)nn1CCC1CCCCC1. The number of nitrogens with zero attached hydrogens (tertiary/aromatic N) is 3. The van der Waals surface area contributed by atoms with Gasteiger partial charge in [0.15, 0.2) is 5.82 Å². The number of hydrogen-bond donors (Lipinski definition) is 1. The lowest BCUT2D eigenvalue weighted by Gasteiger charge is -2.22. The van der Waals surface area contributed by atoms with Crippen LogP contribution in [-0.4, -0.2) is 29.0 Å². The van der Waals surface area contributed by atoms with Crippen LogP contribution in [0, 0.1) is 19.8 Å². The van der Waals surface area contributed by atoms with E-state index in [9.17, 15) is 0 Å². The first-order valence-electron chi connectivity index (χ1n) is 9.48. The molecule has 1 saturated carbocycles. The Labute approximate surface area is 155 Å². The van der Waals surface area contributed by atoms with Crippen LogP contribution in [0.1, 0.15) is 49.7 Å². The fourth-order valence-electron chi connectivity index (χ4n) is 3.96. The van der Waals surface area contributed by atoms with Gasteiger partial charge in [-0.2, -0.15) is 4.98 Å². The smallest absolute Gasteiger partial charge is 0.240 e. The van der Waals surface area contributed by atoms with E-state index in [0.29, 0.717) is 0 Å². The summed E-state index contributed by atoms with van der Waals surface area (Å²) < 4.78 is 13.3. The van der Waals surface area contributed by atoms with E-state index in [1.54, 1.807) is 14.2 Å². The second-order valence-corrected chi connectivity index (χ2v) is 7.24. The van der Waals surface area contributed by atoms with Gasteiger partial charge in [0.2, 0.25) is 5.95 Å². The second kappa shape index (κ2) is 7.98. The number of methoxy groups -OCH3 is 2. The maximum atomic E-state index is 5.95. The minimum atomic E-state index is 0.283. The Kier molecular flexibility index (Phi) is 5.69. The number of anilines is 1. The van der Waals surface area contributed by atoms with Gasteiger partial charge < -0.3 is 15.2 Å². The largest absolute Gasteiger partial charge is 0.496 e. The first-order chi connectivity index (χ1) is 12.5. The zero-order valence-corrected chi connectivity index (χ0v) is 16.3. The van der Waals surface area contributed by atoms with E-state index in [-0.39, 0.29) is 5.95 Å². The summed E-state index contributed by atoms with van der Waals surface area (Å²) in [5.41, 5.74) is 8.96. The molecule has 0 atom stereocenters. The molecule has 6 heteroatoms. The summed E-state index contributed by atoms with van der Waals surface area (Å²) in [4.78, 5) is 4.50. The monoisotopic (exact) mass is 358 g/mol. The Morgan fingerprint density at radius 3 is 2.54 bits per heavy atom. The Morgan fingerprint density at radius 2 is 1.88 bits per heavy atom. The number of hydrogen-bond acceptors (Lipinski definition) is 5. The molecule has 0 bridgehead atoms. The Hall–Kier alpha value is -2.24. The van der Waals surface area contributed by atoms with Gasteiger partial charge in [-0.1, -0.05) is 32.1 Å². The summed E-state index contributed by atoms with van der Waals surface area (Å²) in [7, 11) is 3.34. The summed E-state index contributed by atoms with van der Waals surface area (Å²) in [5, 5.41) is 4.45. The molecule has 0 amide bonds.